The van der Waals surface area contributed by atoms with Crippen molar-refractivity contribution in [2.24, 2.45) is 16.2 Å². The van der Waals surface area contributed by atoms with Crippen LogP contribution in [0.4, 0.5) is 0 Å². The molecule has 0 saturated carbocycles. The molecule has 4 nitrogen and oxygen atoms in total. The van der Waals surface area contributed by atoms with Crippen molar-refractivity contribution in [3.8, 4) is 0 Å². The molecule has 0 atom stereocenters. The minimum absolute atomic E-state index is 0.719. The van der Waals surface area contributed by atoms with Crippen molar-refractivity contribution in [2.75, 3.05) is 13.7 Å². The predicted molar refractivity (Wildman–Crippen MR) is 47.8 cm³/mol. The first kappa shape index (κ1) is 10.6. The summed E-state index contributed by atoms with van der Waals surface area (Å²) < 4.78 is 5.35. The third-order valence-electron chi connectivity index (χ3n) is 1.67. The van der Waals surface area contributed by atoms with Gasteiger partial charge < -0.3 is 10.3 Å². The number of nitrogens with two attached hydrogens (primary N) is 1. The maximum atomic E-state index is 5.35. The Labute approximate surface area is 68.9 Å². The first-order valence-corrected chi connectivity index (χ1v) is 6.86. The highest BCUT2D eigenvalue weighted by molar-refractivity contribution is 6.71. The van der Waals surface area contributed by atoms with Gasteiger partial charge in [0.05, 0.1) is 6.54 Å². The molecule has 0 saturated heterocycles. The molecule has 0 aliphatic heterocycles. The average Bonchev–Trinajstić information content (AvgIpc) is 1.99. The molecule has 0 spiro atoms. The van der Waals surface area contributed by atoms with Crippen LogP contribution in [0.1, 0.15) is 6.42 Å². The standard InChI is InChI=1S/C6H17N3OSi/c1-10-11(2,3)6-4-5-8-9-7/h4-6H2,1-3H3,(H2,7,8). The molecule has 66 valence electrons. The molecule has 0 unspecified atom stereocenters. The molecule has 0 aromatic rings. The minimum atomic E-state index is -1.37. The zero-order chi connectivity index (χ0) is 8.74. The summed E-state index contributed by atoms with van der Waals surface area (Å²) in [6.07, 6.45) is 1.02. The SMILES string of the molecule is CO[Si](C)(C)CCCN=NN. The summed E-state index contributed by atoms with van der Waals surface area (Å²) in [4.78, 5) is 0. The summed E-state index contributed by atoms with van der Waals surface area (Å²) in [6.45, 7) is 5.09. The second-order valence-corrected chi connectivity index (χ2v) is 7.48. The van der Waals surface area contributed by atoms with Crippen molar-refractivity contribution in [1.82, 2.24) is 0 Å². The predicted octanol–water partition coefficient (Wildman–Crippen LogP) is 1.55. The summed E-state index contributed by atoms with van der Waals surface area (Å²) in [6, 6.07) is 1.11. The largest absolute Gasteiger partial charge is 0.420 e. The van der Waals surface area contributed by atoms with E-state index in [1.807, 2.05) is 0 Å². The number of nitrogens with zero attached hydrogens (tertiary/aromatic N) is 2. The van der Waals surface area contributed by atoms with Crippen LogP contribution in [0.15, 0.2) is 10.3 Å². The number of hydrogen-bond donors (Lipinski definition) is 1. The molecule has 11 heavy (non-hydrogen) atoms. The molecular formula is C6H17N3OSi. The van der Waals surface area contributed by atoms with E-state index in [4.69, 9.17) is 10.3 Å². The van der Waals surface area contributed by atoms with Crippen molar-refractivity contribution < 1.29 is 4.43 Å². The first-order chi connectivity index (χ1) is 5.12. The smallest absolute Gasteiger partial charge is 0.186 e. The second-order valence-electron chi connectivity index (χ2n) is 3.05. The molecule has 0 amide bonds. The Bertz CT molecular complexity index is 127. The molecule has 0 aromatic carbocycles. The van der Waals surface area contributed by atoms with E-state index in [2.05, 4.69) is 23.4 Å². The molecule has 2 N–H and O–H groups in total. The van der Waals surface area contributed by atoms with E-state index < -0.39 is 8.32 Å². The van der Waals surface area contributed by atoms with Gasteiger partial charge in [0.25, 0.3) is 0 Å². The van der Waals surface area contributed by atoms with Gasteiger partial charge in [0.15, 0.2) is 8.32 Å². The lowest BCUT2D eigenvalue weighted by atomic mass is 10.5. The third-order valence-corrected chi connectivity index (χ3v) is 4.33. The van der Waals surface area contributed by atoms with Crippen molar-refractivity contribution in [3.05, 3.63) is 0 Å². The van der Waals surface area contributed by atoms with Crippen LogP contribution in [0.2, 0.25) is 19.1 Å². The van der Waals surface area contributed by atoms with Gasteiger partial charge in [0.1, 0.15) is 0 Å². The quantitative estimate of drug-likeness (QED) is 0.226. The van der Waals surface area contributed by atoms with Crippen LogP contribution in [0.5, 0.6) is 0 Å². The molecule has 0 radical (unpaired) electrons. The van der Waals surface area contributed by atoms with Crippen LogP contribution >= 0.6 is 0 Å². The summed E-state index contributed by atoms with van der Waals surface area (Å²) in [5.74, 6) is 4.85. The van der Waals surface area contributed by atoms with E-state index in [0.29, 0.717) is 0 Å². The molecule has 0 aromatic heterocycles. The maximum Gasteiger partial charge on any atom is 0.186 e. The van der Waals surface area contributed by atoms with Gasteiger partial charge >= 0.3 is 0 Å². The number of rotatable bonds is 5. The Hall–Kier alpha value is -0.423. The Morgan fingerprint density at radius 1 is 1.45 bits per heavy atom. The topological polar surface area (TPSA) is 60.0 Å². The molecule has 0 aliphatic carbocycles. The van der Waals surface area contributed by atoms with Crippen molar-refractivity contribution in [3.63, 3.8) is 0 Å². The summed E-state index contributed by atoms with van der Waals surface area (Å²) in [5.41, 5.74) is 0. The van der Waals surface area contributed by atoms with Crippen LogP contribution in [-0.2, 0) is 4.43 Å². The van der Waals surface area contributed by atoms with Gasteiger partial charge in [-0.2, -0.15) is 5.11 Å². The van der Waals surface area contributed by atoms with Crippen LogP contribution < -0.4 is 5.84 Å². The lowest BCUT2D eigenvalue weighted by Gasteiger charge is -2.18. The van der Waals surface area contributed by atoms with Gasteiger partial charge in [-0.3, -0.25) is 0 Å². The summed E-state index contributed by atoms with van der Waals surface area (Å²) >= 11 is 0. The fourth-order valence-corrected chi connectivity index (χ4v) is 1.95. The lowest BCUT2D eigenvalue weighted by Crippen LogP contribution is -2.28. The Morgan fingerprint density at radius 2 is 2.09 bits per heavy atom. The van der Waals surface area contributed by atoms with Crippen LogP contribution in [0.3, 0.4) is 0 Å². The van der Waals surface area contributed by atoms with E-state index in [0.717, 1.165) is 19.0 Å². The highest BCUT2D eigenvalue weighted by Crippen LogP contribution is 2.11. The zero-order valence-corrected chi connectivity index (χ0v) is 8.50. The lowest BCUT2D eigenvalue weighted by molar-refractivity contribution is 0.402. The fourth-order valence-electron chi connectivity index (χ4n) is 0.735. The van der Waals surface area contributed by atoms with Crippen molar-refractivity contribution in [2.45, 2.75) is 25.6 Å². The fraction of sp³-hybridized carbons (Fsp3) is 1.00. The van der Waals surface area contributed by atoms with Gasteiger partial charge in [0, 0.05) is 7.11 Å². The highest BCUT2D eigenvalue weighted by atomic mass is 28.4. The molecular weight excluding hydrogens is 158 g/mol. The Balaban J connectivity index is 3.37. The Morgan fingerprint density at radius 3 is 2.55 bits per heavy atom. The molecule has 0 heterocycles. The van der Waals surface area contributed by atoms with Crippen LogP contribution in [0, 0.1) is 0 Å². The van der Waals surface area contributed by atoms with Gasteiger partial charge in [0.2, 0.25) is 0 Å². The van der Waals surface area contributed by atoms with Crippen molar-refractivity contribution >= 4 is 8.32 Å². The molecule has 0 fully saturated rings. The van der Waals surface area contributed by atoms with E-state index >= 15 is 0 Å². The monoisotopic (exact) mass is 175 g/mol. The molecule has 0 bridgehead atoms. The maximum absolute atomic E-state index is 5.35. The van der Waals surface area contributed by atoms with E-state index in [-0.39, 0.29) is 0 Å². The summed E-state index contributed by atoms with van der Waals surface area (Å²) in [5, 5.41) is 6.86. The second kappa shape index (κ2) is 5.26. The Kier molecular flexibility index (Phi) is 5.05. The average molecular weight is 175 g/mol. The van der Waals surface area contributed by atoms with Gasteiger partial charge in [-0.25, -0.2) is 0 Å². The van der Waals surface area contributed by atoms with Crippen LogP contribution in [-0.4, -0.2) is 22.0 Å². The van der Waals surface area contributed by atoms with Crippen molar-refractivity contribution in [1.29, 1.82) is 0 Å². The normalized spacial score (nSPS) is 12.6. The van der Waals surface area contributed by atoms with Gasteiger partial charge in [-0.15, -0.1) is 0 Å². The number of hydrogen-bond acceptors (Lipinski definition) is 3. The van der Waals surface area contributed by atoms with Gasteiger partial charge in [-0.05, 0) is 25.6 Å². The summed E-state index contributed by atoms with van der Waals surface area (Å²) in [7, 11) is 0.405. The van der Waals surface area contributed by atoms with E-state index in [9.17, 15) is 0 Å². The molecule has 0 aliphatic rings. The van der Waals surface area contributed by atoms with E-state index in [1.54, 1.807) is 7.11 Å². The van der Waals surface area contributed by atoms with Gasteiger partial charge in [-0.1, -0.05) is 5.22 Å². The van der Waals surface area contributed by atoms with Crippen LogP contribution in [0.25, 0.3) is 0 Å². The molecule has 5 heteroatoms. The zero-order valence-electron chi connectivity index (χ0n) is 7.50. The van der Waals surface area contributed by atoms with E-state index in [1.165, 1.54) is 0 Å². The minimum Gasteiger partial charge on any atom is -0.420 e. The first-order valence-electron chi connectivity index (χ1n) is 3.74. The molecule has 0 rings (SSSR count). The third kappa shape index (κ3) is 5.99. The highest BCUT2D eigenvalue weighted by Gasteiger charge is 2.18.